The van der Waals surface area contributed by atoms with Gasteiger partial charge in [0.1, 0.15) is 6.54 Å². The maximum atomic E-state index is 2.45. The number of rotatable bonds is 4. The Labute approximate surface area is 149 Å². The van der Waals surface area contributed by atoms with Gasteiger partial charge in [-0.3, -0.25) is 0 Å². The van der Waals surface area contributed by atoms with Crippen LogP contribution in [0.25, 0.3) is 0 Å². The van der Waals surface area contributed by atoms with Crippen molar-refractivity contribution in [1.82, 2.24) is 0 Å². The molecular weight excluding hydrogens is 381 g/mol. The Morgan fingerprint density at radius 3 is 1.95 bits per heavy atom. The molecule has 4 fully saturated rings. The van der Waals surface area contributed by atoms with E-state index in [2.05, 4.69) is 61.0 Å². The molecule has 1 nitrogen and oxygen atoms in total. The van der Waals surface area contributed by atoms with Gasteiger partial charge in [-0.25, -0.2) is 0 Å². The summed E-state index contributed by atoms with van der Waals surface area (Å²) in [5.41, 5.74) is 2.18. The molecule has 22 heavy (non-hydrogen) atoms. The van der Waals surface area contributed by atoms with E-state index in [-0.39, 0.29) is 0 Å². The number of hydrogen-bond donors (Lipinski definition) is 0. The summed E-state index contributed by atoms with van der Waals surface area (Å²) >= 11 is 2.40. The summed E-state index contributed by atoms with van der Waals surface area (Å²) in [5.74, 6) is 3.22. The number of hydrogen-bond acceptors (Lipinski definition) is 0. The lowest BCUT2D eigenvalue weighted by atomic mass is 9.49. The largest absolute Gasteiger partial charge is 0.324 e. The van der Waals surface area contributed by atoms with Gasteiger partial charge in [0.15, 0.2) is 0 Å². The molecule has 0 heterocycles. The van der Waals surface area contributed by atoms with Crippen LogP contribution >= 0.6 is 22.6 Å². The molecule has 0 radical (unpaired) electrons. The van der Waals surface area contributed by atoms with Gasteiger partial charge in [0.25, 0.3) is 0 Å². The van der Waals surface area contributed by atoms with E-state index in [1.807, 2.05) is 0 Å². The minimum atomic E-state index is 0.682. The van der Waals surface area contributed by atoms with Crippen LogP contribution in [0.2, 0.25) is 0 Å². The van der Waals surface area contributed by atoms with Crippen LogP contribution in [0.4, 0.5) is 0 Å². The monoisotopic (exact) mass is 410 g/mol. The van der Waals surface area contributed by atoms with Crippen molar-refractivity contribution in [3.63, 3.8) is 0 Å². The maximum absolute atomic E-state index is 2.45. The molecule has 0 amide bonds. The second kappa shape index (κ2) is 5.47. The fraction of sp³-hybridized carbons (Fsp3) is 0.700. The summed E-state index contributed by atoms with van der Waals surface area (Å²) in [6, 6.07) is 9.14. The number of halogens is 1. The third kappa shape index (κ3) is 3.10. The maximum Gasteiger partial charge on any atom is 0.104 e. The van der Waals surface area contributed by atoms with Gasteiger partial charge in [-0.2, -0.15) is 0 Å². The predicted molar refractivity (Wildman–Crippen MR) is 100 cm³/mol. The third-order valence-corrected chi connectivity index (χ3v) is 7.17. The molecular formula is C20H29IN+. The van der Waals surface area contributed by atoms with Gasteiger partial charge in [-0.15, -0.1) is 0 Å². The Bertz CT molecular complexity index is 510. The standard InChI is InChI=1S/C20H29IN/c1-22(2,13-15-3-5-19(21)6-4-15)14-20-10-16-7-17(11-20)9-18(8-16)12-20/h3-6,16-18H,7-14H2,1-2H3/q+1. The third-order valence-electron chi connectivity index (χ3n) is 6.45. The van der Waals surface area contributed by atoms with E-state index in [0.29, 0.717) is 5.41 Å². The molecule has 4 aliphatic rings. The van der Waals surface area contributed by atoms with E-state index in [1.54, 1.807) is 19.3 Å². The lowest BCUT2D eigenvalue weighted by molar-refractivity contribution is -0.911. The zero-order chi connectivity index (χ0) is 15.4. The zero-order valence-corrected chi connectivity index (χ0v) is 16.2. The van der Waals surface area contributed by atoms with Gasteiger partial charge >= 0.3 is 0 Å². The molecule has 0 saturated heterocycles. The molecule has 4 bridgehead atoms. The van der Waals surface area contributed by atoms with Crippen molar-refractivity contribution < 1.29 is 4.48 Å². The highest BCUT2D eigenvalue weighted by Crippen LogP contribution is 2.60. The molecule has 4 saturated carbocycles. The van der Waals surface area contributed by atoms with Crippen LogP contribution < -0.4 is 0 Å². The van der Waals surface area contributed by atoms with E-state index in [9.17, 15) is 0 Å². The first-order valence-corrected chi connectivity index (χ1v) is 10.1. The lowest BCUT2D eigenvalue weighted by Crippen LogP contribution is -2.55. The van der Waals surface area contributed by atoms with Gasteiger partial charge in [0, 0.05) is 14.5 Å². The van der Waals surface area contributed by atoms with E-state index in [1.165, 1.54) is 41.5 Å². The van der Waals surface area contributed by atoms with Crippen molar-refractivity contribution in [3.8, 4) is 0 Å². The molecule has 0 spiro atoms. The summed E-state index contributed by atoms with van der Waals surface area (Å²) in [6.45, 7) is 2.57. The minimum Gasteiger partial charge on any atom is -0.324 e. The van der Waals surface area contributed by atoms with Crippen molar-refractivity contribution in [3.05, 3.63) is 33.4 Å². The highest BCUT2D eigenvalue weighted by atomic mass is 127. The second-order valence-electron chi connectivity index (χ2n) is 9.30. The van der Waals surface area contributed by atoms with Crippen LogP contribution in [0.15, 0.2) is 24.3 Å². The van der Waals surface area contributed by atoms with E-state index in [4.69, 9.17) is 0 Å². The van der Waals surface area contributed by atoms with E-state index < -0.39 is 0 Å². The molecule has 1 aromatic rings. The first-order chi connectivity index (χ1) is 10.4. The van der Waals surface area contributed by atoms with Crippen LogP contribution in [0, 0.1) is 26.7 Å². The SMILES string of the molecule is C[N+](C)(Cc1ccc(I)cc1)CC12CC3CC(CC(C3)C1)C2. The fourth-order valence-electron chi connectivity index (χ4n) is 6.53. The van der Waals surface area contributed by atoms with Gasteiger partial charge in [0.2, 0.25) is 0 Å². The zero-order valence-electron chi connectivity index (χ0n) is 14.0. The molecule has 0 atom stereocenters. The first kappa shape index (κ1) is 15.4. The molecule has 2 heteroatoms. The van der Waals surface area contributed by atoms with Crippen LogP contribution in [0.5, 0.6) is 0 Å². The molecule has 0 unspecified atom stereocenters. The Hall–Kier alpha value is -0.0900. The summed E-state index contributed by atoms with van der Waals surface area (Å²) in [6.07, 6.45) is 9.28. The summed E-state index contributed by atoms with van der Waals surface area (Å²) < 4.78 is 2.50. The molecule has 5 rings (SSSR count). The number of benzene rings is 1. The minimum absolute atomic E-state index is 0.682. The van der Waals surface area contributed by atoms with Crippen molar-refractivity contribution in [2.24, 2.45) is 23.2 Å². The quantitative estimate of drug-likeness (QED) is 0.480. The van der Waals surface area contributed by atoms with Crippen molar-refractivity contribution >= 4 is 22.6 Å². The van der Waals surface area contributed by atoms with E-state index >= 15 is 0 Å². The summed E-state index contributed by atoms with van der Waals surface area (Å²) in [4.78, 5) is 0. The Kier molecular flexibility index (Phi) is 3.84. The predicted octanol–water partition coefficient (Wildman–Crippen LogP) is 5.08. The van der Waals surface area contributed by atoms with Crippen LogP contribution in [0.1, 0.15) is 44.1 Å². The van der Waals surface area contributed by atoms with Gasteiger partial charge in [0.05, 0.1) is 20.6 Å². The average Bonchev–Trinajstić information content (AvgIpc) is 2.38. The molecule has 0 aliphatic heterocycles. The highest BCUT2D eigenvalue weighted by molar-refractivity contribution is 14.1. The average molecular weight is 410 g/mol. The lowest BCUT2D eigenvalue weighted by Gasteiger charge is -2.58. The number of nitrogens with zero attached hydrogens (tertiary/aromatic N) is 1. The van der Waals surface area contributed by atoms with Crippen molar-refractivity contribution in [1.29, 1.82) is 0 Å². The van der Waals surface area contributed by atoms with Gasteiger partial charge in [-0.05, 0) is 91.0 Å². The molecule has 4 aliphatic carbocycles. The summed E-state index contributed by atoms with van der Waals surface area (Å²) in [5, 5.41) is 0. The van der Waals surface area contributed by atoms with Crippen molar-refractivity contribution in [2.75, 3.05) is 20.6 Å². The fourth-order valence-corrected chi connectivity index (χ4v) is 6.89. The first-order valence-electron chi connectivity index (χ1n) is 8.98. The van der Waals surface area contributed by atoms with E-state index in [0.717, 1.165) is 22.2 Å². The second-order valence-corrected chi connectivity index (χ2v) is 10.5. The Morgan fingerprint density at radius 1 is 0.955 bits per heavy atom. The van der Waals surface area contributed by atoms with Crippen LogP contribution in [0.3, 0.4) is 0 Å². The molecule has 120 valence electrons. The molecule has 1 aromatic carbocycles. The van der Waals surface area contributed by atoms with Crippen molar-refractivity contribution in [2.45, 2.75) is 45.1 Å². The van der Waals surface area contributed by atoms with Crippen LogP contribution in [-0.4, -0.2) is 25.1 Å². The van der Waals surface area contributed by atoms with Gasteiger partial charge in [-0.1, -0.05) is 12.1 Å². The smallest absolute Gasteiger partial charge is 0.104 e. The molecule has 0 N–H and O–H groups in total. The normalized spacial score (nSPS) is 36.8. The Balaban J connectivity index is 1.48. The van der Waals surface area contributed by atoms with Crippen LogP contribution in [-0.2, 0) is 6.54 Å². The highest BCUT2D eigenvalue weighted by Gasteiger charge is 2.53. The number of quaternary nitrogens is 1. The molecule has 0 aromatic heterocycles. The topological polar surface area (TPSA) is 0 Å². The summed E-state index contributed by atoms with van der Waals surface area (Å²) in [7, 11) is 4.91. The van der Waals surface area contributed by atoms with Gasteiger partial charge < -0.3 is 4.48 Å². The Morgan fingerprint density at radius 2 is 1.45 bits per heavy atom.